The molecule has 1 fully saturated rings. The Balaban J connectivity index is 1.78. The molecule has 0 saturated carbocycles. The minimum Gasteiger partial charge on any atom is -0.497 e. The van der Waals surface area contributed by atoms with Crippen molar-refractivity contribution in [3.05, 3.63) is 62.4 Å². The van der Waals surface area contributed by atoms with Crippen LogP contribution >= 0.6 is 0 Å². The normalized spacial score (nSPS) is 20.3. The highest BCUT2D eigenvalue weighted by Gasteiger charge is 2.32. The molecule has 2 heterocycles. The molecule has 0 bridgehead atoms. The highest BCUT2D eigenvalue weighted by Crippen LogP contribution is 2.33. The first-order chi connectivity index (χ1) is 12.4. The predicted molar refractivity (Wildman–Crippen MR) is 94.3 cm³/mol. The third-order valence-corrected chi connectivity index (χ3v) is 4.53. The Hall–Kier alpha value is -2.71. The van der Waals surface area contributed by atoms with Gasteiger partial charge in [0.2, 0.25) is 0 Å². The minimum absolute atomic E-state index is 0.0386. The number of hydroxylamine groups is 2. The maximum atomic E-state index is 12.0. The first-order valence-electron chi connectivity index (χ1n) is 8.27. The average molecular weight is 359 g/mol. The van der Waals surface area contributed by atoms with Gasteiger partial charge in [0.15, 0.2) is 5.78 Å². The molecule has 1 aliphatic heterocycles. The number of hydrogen-bond donors (Lipinski definition) is 1. The molecule has 3 rings (SSSR count). The van der Waals surface area contributed by atoms with Gasteiger partial charge in [-0.3, -0.25) is 24.0 Å². The summed E-state index contributed by atoms with van der Waals surface area (Å²) in [7, 11) is 3.46. The number of H-pyrrole nitrogens is 1. The highest BCUT2D eigenvalue weighted by atomic mass is 16.7. The molecule has 1 N–H and O–H groups in total. The van der Waals surface area contributed by atoms with Gasteiger partial charge in [-0.1, -0.05) is 12.1 Å². The number of aromatic nitrogens is 2. The fraction of sp³-hybridized carbons (Fsp3) is 0.389. The third-order valence-electron chi connectivity index (χ3n) is 4.53. The van der Waals surface area contributed by atoms with Crippen molar-refractivity contribution in [1.29, 1.82) is 0 Å². The van der Waals surface area contributed by atoms with Gasteiger partial charge in [-0.05, 0) is 31.0 Å². The first kappa shape index (κ1) is 18.1. The van der Waals surface area contributed by atoms with E-state index in [4.69, 9.17) is 9.57 Å². The number of methoxy groups -OCH3 is 1. The van der Waals surface area contributed by atoms with Crippen LogP contribution in [0.5, 0.6) is 5.75 Å². The van der Waals surface area contributed by atoms with E-state index < -0.39 is 11.2 Å². The number of carbonyl (C=O) groups excluding carboxylic acids is 1. The van der Waals surface area contributed by atoms with Gasteiger partial charge in [-0.15, -0.1) is 0 Å². The quantitative estimate of drug-likeness (QED) is 0.804. The number of nitrogens with zero attached hydrogens (tertiary/aromatic N) is 2. The van der Waals surface area contributed by atoms with Crippen molar-refractivity contribution < 1.29 is 14.4 Å². The lowest BCUT2D eigenvalue weighted by molar-refractivity contribution is -0.147. The molecule has 0 radical (unpaired) electrons. The SMILES string of the molecule is COc1ccc([C@H]2C[C@@H](Cn3cc(C(C)=O)c(=O)[nH]c3=O)ON2C)cc1. The Morgan fingerprint density at radius 2 is 2.00 bits per heavy atom. The largest absolute Gasteiger partial charge is 0.497 e. The second kappa shape index (κ2) is 7.27. The van der Waals surface area contributed by atoms with E-state index in [1.54, 1.807) is 12.2 Å². The van der Waals surface area contributed by atoms with Gasteiger partial charge in [0.25, 0.3) is 5.56 Å². The summed E-state index contributed by atoms with van der Waals surface area (Å²) in [5.41, 5.74) is -0.185. The number of benzene rings is 1. The summed E-state index contributed by atoms with van der Waals surface area (Å²) >= 11 is 0. The summed E-state index contributed by atoms with van der Waals surface area (Å²) in [5, 5.41) is 1.76. The lowest BCUT2D eigenvalue weighted by Gasteiger charge is -2.18. The summed E-state index contributed by atoms with van der Waals surface area (Å²) in [6, 6.07) is 7.78. The predicted octanol–water partition coefficient (Wildman–Crippen LogP) is 1.12. The van der Waals surface area contributed by atoms with E-state index in [0.29, 0.717) is 6.42 Å². The molecule has 0 amide bonds. The second-order valence-electron chi connectivity index (χ2n) is 6.31. The number of nitrogens with one attached hydrogen (secondary N) is 1. The average Bonchev–Trinajstić information content (AvgIpc) is 2.97. The molecule has 26 heavy (non-hydrogen) atoms. The zero-order valence-electron chi connectivity index (χ0n) is 14.9. The Labute approximate surface area is 149 Å². The molecule has 1 aromatic heterocycles. The molecule has 8 nitrogen and oxygen atoms in total. The van der Waals surface area contributed by atoms with Crippen molar-refractivity contribution in [3.63, 3.8) is 0 Å². The number of rotatable bonds is 5. The van der Waals surface area contributed by atoms with Crippen LogP contribution in [-0.4, -0.2) is 40.7 Å². The van der Waals surface area contributed by atoms with Gasteiger partial charge < -0.3 is 4.74 Å². The number of ether oxygens (including phenoxy) is 1. The molecular weight excluding hydrogens is 338 g/mol. The summed E-state index contributed by atoms with van der Waals surface area (Å²) in [4.78, 5) is 43.2. The van der Waals surface area contributed by atoms with E-state index in [1.165, 1.54) is 17.7 Å². The fourth-order valence-electron chi connectivity index (χ4n) is 3.14. The van der Waals surface area contributed by atoms with Crippen LogP contribution in [0.3, 0.4) is 0 Å². The van der Waals surface area contributed by atoms with E-state index >= 15 is 0 Å². The van der Waals surface area contributed by atoms with Crippen LogP contribution in [0.25, 0.3) is 0 Å². The molecule has 1 aliphatic rings. The fourth-order valence-corrected chi connectivity index (χ4v) is 3.14. The van der Waals surface area contributed by atoms with E-state index in [9.17, 15) is 14.4 Å². The van der Waals surface area contributed by atoms with Crippen molar-refractivity contribution in [3.8, 4) is 5.75 Å². The Kier molecular flexibility index (Phi) is 5.06. The summed E-state index contributed by atoms with van der Waals surface area (Å²) < 4.78 is 6.49. The highest BCUT2D eigenvalue weighted by molar-refractivity contribution is 5.93. The van der Waals surface area contributed by atoms with E-state index in [1.807, 2.05) is 31.3 Å². The van der Waals surface area contributed by atoms with Crippen LogP contribution in [0.15, 0.2) is 40.1 Å². The molecule has 0 unspecified atom stereocenters. The monoisotopic (exact) mass is 359 g/mol. The van der Waals surface area contributed by atoms with Crippen molar-refractivity contribution in [2.45, 2.75) is 32.0 Å². The second-order valence-corrected chi connectivity index (χ2v) is 6.31. The Morgan fingerprint density at radius 3 is 2.62 bits per heavy atom. The smallest absolute Gasteiger partial charge is 0.328 e. The molecule has 138 valence electrons. The van der Waals surface area contributed by atoms with Crippen molar-refractivity contribution >= 4 is 5.78 Å². The molecule has 1 aromatic carbocycles. The van der Waals surface area contributed by atoms with Crippen LogP contribution in [0.2, 0.25) is 0 Å². The summed E-state index contributed by atoms with van der Waals surface area (Å²) in [5.74, 6) is 0.393. The van der Waals surface area contributed by atoms with Gasteiger partial charge in [-0.25, -0.2) is 4.79 Å². The Bertz CT molecular complexity index is 916. The first-order valence-corrected chi connectivity index (χ1v) is 8.27. The number of ketones is 1. The van der Waals surface area contributed by atoms with Gasteiger partial charge >= 0.3 is 5.69 Å². The van der Waals surface area contributed by atoms with E-state index in [2.05, 4.69) is 4.98 Å². The lowest BCUT2D eigenvalue weighted by Crippen LogP contribution is -2.35. The minimum atomic E-state index is -0.667. The maximum Gasteiger partial charge on any atom is 0.328 e. The molecule has 2 aromatic rings. The van der Waals surface area contributed by atoms with Crippen LogP contribution < -0.4 is 16.0 Å². The van der Waals surface area contributed by atoms with E-state index in [0.717, 1.165) is 11.3 Å². The van der Waals surface area contributed by atoms with Crippen LogP contribution in [0.1, 0.15) is 35.3 Å². The third kappa shape index (κ3) is 3.61. The number of hydrogen-bond acceptors (Lipinski definition) is 6. The van der Waals surface area contributed by atoms with Gasteiger partial charge in [0, 0.05) is 13.2 Å². The summed E-state index contributed by atoms with van der Waals surface area (Å²) in [6.45, 7) is 1.53. The van der Waals surface area contributed by atoms with Crippen LogP contribution in [0.4, 0.5) is 0 Å². The number of Topliss-reactive ketones (excluding diaryl/α,β-unsaturated/α-hetero) is 1. The van der Waals surface area contributed by atoms with Crippen molar-refractivity contribution in [2.75, 3.05) is 14.2 Å². The zero-order chi connectivity index (χ0) is 18.8. The van der Waals surface area contributed by atoms with Crippen LogP contribution in [0, 0.1) is 0 Å². The number of aromatic amines is 1. The number of carbonyl (C=O) groups is 1. The molecule has 0 aliphatic carbocycles. The van der Waals surface area contributed by atoms with Crippen molar-refractivity contribution in [1.82, 2.24) is 14.6 Å². The van der Waals surface area contributed by atoms with Crippen molar-refractivity contribution in [2.24, 2.45) is 0 Å². The van der Waals surface area contributed by atoms with Crippen LogP contribution in [-0.2, 0) is 11.4 Å². The van der Waals surface area contributed by atoms with Gasteiger partial charge in [0.1, 0.15) is 5.75 Å². The molecule has 8 heteroatoms. The van der Waals surface area contributed by atoms with E-state index in [-0.39, 0.29) is 30.0 Å². The topological polar surface area (TPSA) is 93.6 Å². The maximum absolute atomic E-state index is 12.0. The zero-order valence-corrected chi connectivity index (χ0v) is 14.9. The molecule has 2 atom stereocenters. The molecule has 0 spiro atoms. The molecular formula is C18H21N3O5. The van der Waals surface area contributed by atoms with Gasteiger partial charge in [-0.2, -0.15) is 5.06 Å². The summed E-state index contributed by atoms with van der Waals surface area (Å²) in [6.07, 6.45) is 1.72. The molecule has 1 saturated heterocycles. The lowest BCUT2D eigenvalue weighted by atomic mass is 10.0. The Morgan fingerprint density at radius 1 is 1.31 bits per heavy atom. The standard InChI is InChI=1S/C18H21N3O5/c1-11(22)15-10-21(18(24)19-17(15)23)9-14-8-16(20(2)26-14)12-4-6-13(25-3)7-5-12/h4-7,10,14,16H,8-9H2,1-3H3,(H,19,23,24)/t14-,16+/m0/s1. The van der Waals surface area contributed by atoms with Gasteiger partial charge in [0.05, 0.1) is 31.4 Å².